The fraction of sp³-hybridized carbons (Fsp3) is 0.467. The van der Waals surface area contributed by atoms with Crippen molar-refractivity contribution in [1.82, 2.24) is 5.32 Å². The third kappa shape index (κ3) is 2.68. The number of nitrogens with zero attached hydrogens (tertiary/aromatic N) is 1. The third-order valence-electron chi connectivity index (χ3n) is 3.62. The molecule has 0 aromatic heterocycles. The fourth-order valence-electron chi connectivity index (χ4n) is 2.47. The van der Waals surface area contributed by atoms with Crippen LogP contribution in [0, 0.1) is 5.92 Å². The summed E-state index contributed by atoms with van der Waals surface area (Å²) in [7, 11) is 1.86. The van der Waals surface area contributed by atoms with Gasteiger partial charge in [-0.3, -0.25) is 14.5 Å². The maximum Gasteiger partial charge on any atom is 0.234 e. The second kappa shape index (κ2) is 5.53. The van der Waals surface area contributed by atoms with E-state index in [1.807, 2.05) is 45.2 Å². The van der Waals surface area contributed by atoms with Gasteiger partial charge in [0, 0.05) is 18.9 Å². The topological polar surface area (TPSA) is 49.4 Å². The van der Waals surface area contributed by atoms with Crippen molar-refractivity contribution in [2.75, 3.05) is 11.9 Å². The molecule has 2 amide bonds. The number of para-hydroxylation sites is 1. The van der Waals surface area contributed by atoms with Crippen LogP contribution >= 0.6 is 0 Å². The normalized spacial score (nSPS) is 18.8. The van der Waals surface area contributed by atoms with Crippen LogP contribution in [0.5, 0.6) is 0 Å². The van der Waals surface area contributed by atoms with Crippen LogP contribution in [0.4, 0.5) is 5.69 Å². The summed E-state index contributed by atoms with van der Waals surface area (Å²) in [5, 5.41) is 3.15. The predicted molar refractivity (Wildman–Crippen MR) is 74.8 cm³/mol. The third-order valence-corrected chi connectivity index (χ3v) is 3.62. The highest BCUT2D eigenvalue weighted by molar-refractivity contribution is 6.17. The molecule has 0 saturated carbocycles. The van der Waals surface area contributed by atoms with Crippen molar-refractivity contribution in [3.05, 3.63) is 29.8 Å². The Hall–Kier alpha value is -1.68. The first kappa shape index (κ1) is 13.7. The second-order valence-corrected chi connectivity index (χ2v) is 5.21. The lowest BCUT2D eigenvalue weighted by Gasteiger charge is -2.30. The number of nitrogens with one attached hydrogen (secondary N) is 1. The number of anilines is 1. The quantitative estimate of drug-likeness (QED) is 0.848. The van der Waals surface area contributed by atoms with Crippen LogP contribution in [0.25, 0.3) is 0 Å². The Labute approximate surface area is 113 Å². The van der Waals surface area contributed by atoms with Crippen LogP contribution in [-0.2, 0) is 9.59 Å². The van der Waals surface area contributed by atoms with E-state index in [0.717, 1.165) is 5.56 Å². The van der Waals surface area contributed by atoms with Crippen LogP contribution in [0.1, 0.15) is 38.3 Å². The summed E-state index contributed by atoms with van der Waals surface area (Å²) in [4.78, 5) is 25.7. The number of imide groups is 1. The molecule has 2 rings (SSSR count). The Kier molecular flexibility index (Phi) is 4.00. The minimum absolute atomic E-state index is 0.0937. The number of hydrogen-bond acceptors (Lipinski definition) is 3. The molecule has 19 heavy (non-hydrogen) atoms. The summed E-state index contributed by atoms with van der Waals surface area (Å²) in [6.07, 6.45) is 0.877. The van der Waals surface area contributed by atoms with Gasteiger partial charge in [0.2, 0.25) is 11.8 Å². The molecule has 4 heteroatoms. The zero-order chi connectivity index (χ0) is 14.0. The van der Waals surface area contributed by atoms with Crippen LogP contribution in [-0.4, -0.2) is 18.9 Å². The lowest BCUT2D eigenvalue weighted by atomic mass is 9.95. The highest BCUT2D eigenvalue weighted by Gasteiger charge is 2.32. The number of rotatable bonds is 3. The molecule has 0 bridgehead atoms. The van der Waals surface area contributed by atoms with E-state index >= 15 is 0 Å². The number of benzene rings is 1. The molecule has 102 valence electrons. The van der Waals surface area contributed by atoms with Crippen LogP contribution in [0.3, 0.4) is 0 Å². The fourth-order valence-corrected chi connectivity index (χ4v) is 2.47. The van der Waals surface area contributed by atoms with Gasteiger partial charge in [0.15, 0.2) is 0 Å². The highest BCUT2D eigenvalue weighted by atomic mass is 16.2. The average molecular weight is 260 g/mol. The lowest BCUT2D eigenvalue weighted by Crippen LogP contribution is -2.43. The first-order valence-electron chi connectivity index (χ1n) is 6.66. The minimum atomic E-state index is -0.0977. The molecule has 1 aromatic carbocycles. The molecule has 1 aromatic rings. The van der Waals surface area contributed by atoms with E-state index in [0.29, 0.717) is 18.5 Å². The van der Waals surface area contributed by atoms with Crippen molar-refractivity contribution < 1.29 is 9.59 Å². The molecular formula is C15H20N2O2. The molecular weight excluding hydrogens is 240 g/mol. The number of carbonyl (C=O) groups is 2. The van der Waals surface area contributed by atoms with Gasteiger partial charge in [-0.05, 0) is 31.5 Å². The molecule has 1 saturated heterocycles. The number of hydrogen-bond donors (Lipinski definition) is 1. The molecule has 0 radical (unpaired) electrons. The van der Waals surface area contributed by atoms with Gasteiger partial charge in [0.1, 0.15) is 0 Å². The SMILES string of the molecule is CNC(C)c1ccccc1N1C(=O)CC(C)CC1=O. The highest BCUT2D eigenvalue weighted by Crippen LogP contribution is 2.30. The van der Waals surface area contributed by atoms with E-state index in [-0.39, 0.29) is 23.8 Å². The van der Waals surface area contributed by atoms with E-state index in [9.17, 15) is 9.59 Å². The van der Waals surface area contributed by atoms with Crippen molar-refractivity contribution in [3.63, 3.8) is 0 Å². The molecule has 1 N–H and O–H groups in total. The molecule has 1 aliphatic rings. The van der Waals surface area contributed by atoms with E-state index in [1.165, 1.54) is 4.90 Å². The van der Waals surface area contributed by atoms with Gasteiger partial charge >= 0.3 is 0 Å². The Morgan fingerprint density at radius 3 is 2.37 bits per heavy atom. The summed E-state index contributed by atoms with van der Waals surface area (Å²) in [5.41, 5.74) is 1.69. The van der Waals surface area contributed by atoms with Crippen molar-refractivity contribution in [2.24, 2.45) is 5.92 Å². The summed E-state index contributed by atoms with van der Waals surface area (Å²) < 4.78 is 0. The lowest BCUT2D eigenvalue weighted by molar-refractivity contribution is -0.130. The molecule has 1 atom stereocenters. The summed E-state index contributed by atoms with van der Waals surface area (Å²) in [6.45, 7) is 3.95. The van der Waals surface area contributed by atoms with Crippen molar-refractivity contribution in [1.29, 1.82) is 0 Å². The standard InChI is InChI=1S/C15H20N2O2/c1-10-8-14(18)17(15(19)9-10)13-7-5-4-6-12(13)11(2)16-3/h4-7,10-11,16H,8-9H2,1-3H3. The van der Waals surface area contributed by atoms with Gasteiger partial charge < -0.3 is 5.32 Å². The molecule has 0 spiro atoms. The van der Waals surface area contributed by atoms with Crippen molar-refractivity contribution >= 4 is 17.5 Å². The minimum Gasteiger partial charge on any atom is -0.313 e. The van der Waals surface area contributed by atoms with Gasteiger partial charge in [-0.2, -0.15) is 0 Å². The van der Waals surface area contributed by atoms with E-state index < -0.39 is 0 Å². The zero-order valence-corrected chi connectivity index (χ0v) is 11.6. The Bertz CT molecular complexity index is 481. The second-order valence-electron chi connectivity index (χ2n) is 5.21. The summed E-state index contributed by atoms with van der Waals surface area (Å²) >= 11 is 0. The molecule has 4 nitrogen and oxygen atoms in total. The summed E-state index contributed by atoms with van der Waals surface area (Å²) in [5.74, 6) is -0.0517. The largest absolute Gasteiger partial charge is 0.313 e. The first-order chi connectivity index (χ1) is 9.04. The average Bonchev–Trinajstić information content (AvgIpc) is 2.37. The molecule has 1 fully saturated rings. The van der Waals surface area contributed by atoms with Gasteiger partial charge in [0.05, 0.1) is 5.69 Å². The Balaban J connectivity index is 2.41. The molecule has 1 aliphatic heterocycles. The van der Waals surface area contributed by atoms with Crippen molar-refractivity contribution in [3.8, 4) is 0 Å². The van der Waals surface area contributed by atoms with Gasteiger partial charge in [-0.1, -0.05) is 25.1 Å². The van der Waals surface area contributed by atoms with Crippen LogP contribution in [0.15, 0.2) is 24.3 Å². The number of amides is 2. The Morgan fingerprint density at radius 2 is 1.79 bits per heavy atom. The van der Waals surface area contributed by atoms with Crippen LogP contribution < -0.4 is 10.2 Å². The Morgan fingerprint density at radius 1 is 1.21 bits per heavy atom. The maximum atomic E-state index is 12.2. The monoisotopic (exact) mass is 260 g/mol. The van der Waals surface area contributed by atoms with E-state index in [1.54, 1.807) is 0 Å². The van der Waals surface area contributed by atoms with Crippen molar-refractivity contribution in [2.45, 2.75) is 32.7 Å². The summed E-state index contributed by atoms with van der Waals surface area (Å²) in [6, 6.07) is 7.68. The smallest absolute Gasteiger partial charge is 0.234 e. The van der Waals surface area contributed by atoms with Gasteiger partial charge in [-0.25, -0.2) is 0 Å². The molecule has 1 unspecified atom stereocenters. The molecule has 1 heterocycles. The first-order valence-corrected chi connectivity index (χ1v) is 6.66. The van der Waals surface area contributed by atoms with Gasteiger partial charge in [0.25, 0.3) is 0 Å². The van der Waals surface area contributed by atoms with Crippen LogP contribution in [0.2, 0.25) is 0 Å². The number of carbonyl (C=O) groups excluding carboxylic acids is 2. The predicted octanol–water partition coefficient (Wildman–Crippen LogP) is 2.26. The van der Waals surface area contributed by atoms with E-state index in [2.05, 4.69) is 5.32 Å². The number of piperidine rings is 1. The zero-order valence-electron chi connectivity index (χ0n) is 11.6. The van der Waals surface area contributed by atoms with Gasteiger partial charge in [-0.15, -0.1) is 0 Å². The molecule has 0 aliphatic carbocycles. The maximum absolute atomic E-state index is 12.2. The van der Waals surface area contributed by atoms with E-state index in [4.69, 9.17) is 0 Å².